The van der Waals surface area contributed by atoms with E-state index < -0.39 is 0 Å². The van der Waals surface area contributed by atoms with Gasteiger partial charge in [-0.05, 0) is 73.9 Å². The lowest BCUT2D eigenvalue weighted by Crippen LogP contribution is -2.15. The van der Waals surface area contributed by atoms with E-state index in [9.17, 15) is 9.18 Å². The Morgan fingerprint density at radius 3 is 2.42 bits per heavy atom. The van der Waals surface area contributed by atoms with Crippen LogP contribution in [0.1, 0.15) is 56.7 Å². The molecule has 0 aromatic heterocycles. The Hall–Kier alpha value is -2.56. The van der Waals surface area contributed by atoms with Gasteiger partial charge in [0.05, 0.1) is 26.2 Å². The summed E-state index contributed by atoms with van der Waals surface area (Å²) in [5.41, 5.74) is 3.15. The molecule has 2 rings (SSSR count). The van der Waals surface area contributed by atoms with Crippen molar-refractivity contribution in [2.75, 3.05) is 20.3 Å². The Bertz CT molecular complexity index is 834. The predicted octanol–water partition coefficient (Wildman–Crippen LogP) is 5.93. The summed E-state index contributed by atoms with van der Waals surface area (Å²) < 4.78 is 30.2. The number of hydrogen-bond acceptors (Lipinski definition) is 4. The minimum Gasteiger partial charge on any atom is -0.493 e. The zero-order valence-corrected chi connectivity index (χ0v) is 19.2. The van der Waals surface area contributed by atoms with Crippen LogP contribution in [0.15, 0.2) is 36.4 Å². The van der Waals surface area contributed by atoms with E-state index in [1.807, 2.05) is 26.0 Å². The minimum atomic E-state index is -0.313. The summed E-state index contributed by atoms with van der Waals surface area (Å²) in [6.45, 7) is 6.96. The Morgan fingerprint density at radius 1 is 0.968 bits per heavy atom. The number of benzene rings is 2. The second kappa shape index (κ2) is 13.0. The lowest BCUT2D eigenvalue weighted by atomic mass is 9.97. The summed E-state index contributed by atoms with van der Waals surface area (Å²) >= 11 is 0. The molecule has 0 spiro atoms. The molecule has 0 fully saturated rings. The summed E-state index contributed by atoms with van der Waals surface area (Å²) in [7, 11) is 1.41. The van der Waals surface area contributed by atoms with Crippen LogP contribution in [0.4, 0.5) is 4.39 Å². The van der Waals surface area contributed by atoms with E-state index in [4.69, 9.17) is 14.2 Å². The van der Waals surface area contributed by atoms with E-state index >= 15 is 0 Å². The minimum absolute atomic E-state index is 0.200. The van der Waals surface area contributed by atoms with Crippen molar-refractivity contribution in [3.05, 3.63) is 58.9 Å². The molecule has 2 aromatic rings. The van der Waals surface area contributed by atoms with Gasteiger partial charge in [0.1, 0.15) is 5.75 Å². The van der Waals surface area contributed by atoms with Crippen LogP contribution < -0.4 is 9.47 Å². The lowest BCUT2D eigenvalue weighted by molar-refractivity contribution is -0.144. The van der Waals surface area contributed by atoms with E-state index in [0.29, 0.717) is 25.4 Å². The van der Waals surface area contributed by atoms with Crippen LogP contribution in [-0.4, -0.2) is 26.3 Å². The molecule has 0 aliphatic carbocycles. The number of carbonyl (C=O) groups excluding carboxylic acids is 1. The highest BCUT2D eigenvalue weighted by molar-refractivity contribution is 5.72. The number of rotatable bonds is 13. The first-order valence-electron chi connectivity index (χ1n) is 11.2. The van der Waals surface area contributed by atoms with Crippen LogP contribution in [0.5, 0.6) is 11.5 Å². The zero-order chi connectivity index (χ0) is 22.6. The fourth-order valence-corrected chi connectivity index (χ4v) is 3.49. The van der Waals surface area contributed by atoms with Crippen molar-refractivity contribution in [2.45, 2.75) is 59.3 Å². The quantitative estimate of drug-likeness (QED) is 0.292. The first-order chi connectivity index (χ1) is 15.0. The molecule has 0 N–H and O–H groups in total. The third-order valence-corrected chi connectivity index (χ3v) is 5.24. The molecular formula is C26H35FO4. The van der Waals surface area contributed by atoms with Gasteiger partial charge < -0.3 is 14.2 Å². The van der Waals surface area contributed by atoms with Crippen LogP contribution in [0.25, 0.3) is 0 Å². The van der Waals surface area contributed by atoms with Gasteiger partial charge in [0.15, 0.2) is 11.6 Å². The first kappa shape index (κ1) is 24.7. The van der Waals surface area contributed by atoms with Crippen molar-refractivity contribution in [1.82, 2.24) is 0 Å². The highest BCUT2D eigenvalue weighted by Crippen LogP contribution is 2.26. The molecule has 0 heterocycles. The van der Waals surface area contributed by atoms with Crippen molar-refractivity contribution < 1.29 is 23.4 Å². The number of ether oxygens (including phenoxy) is 3. The molecular weight excluding hydrogens is 395 g/mol. The van der Waals surface area contributed by atoms with Gasteiger partial charge in [0, 0.05) is 0 Å². The Morgan fingerprint density at radius 2 is 1.74 bits per heavy atom. The zero-order valence-electron chi connectivity index (χ0n) is 19.2. The SMILES string of the molecule is CCCCOc1cc(CC(C)C(=O)OC)ccc1CCCc1ccc(OCC)c(F)c1. The second-order valence-corrected chi connectivity index (χ2v) is 7.82. The maximum absolute atomic E-state index is 14.1. The average molecular weight is 431 g/mol. The molecule has 0 aliphatic rings. The number of unbranched alkanes of at least 4 members (excludes halogenated alkanes) is 1. The van der Waals surface area contributed by atoms with Crippen molar-refractivity contribution in [2.24, 2.45) is 5.92 Å². The molecule has 2 aromatic carbocycles. The number of halogens is 1. The normalized spacial score (nSPS) is 11.8. The van der Waals surface area contributed by atoms with Crippen molar-refractivity contribution in [3.63, 3.8) is 0 Å². The smallest absolute Gasteiger partial charge is 0.308 e. The summed E-state index contributed by atoms with van der Waals surface area (Å²) in [4.78, 5) is 11.7. The third kappa shape index (κ3) is 7.89. The highest BCUT2D eigenvalue weighted by Gasteiger charge is 2.15. The number of carbonyl (C=O) groups is 1. The largest absolute Gasteiger partial charge is 0.493 e. The summed E-state index contributed by atoms with van der Waals surface area (Å²) in [6.07, 6.45) is 5.17. The first-order valence-corrected chi connectivity index (χ1v) is 11.2. The molecule has 0 amide bonds. The Balaban J connectivity index is 2.04. The standard InChI is InChI=1S/C26H35FO4/c1-5-7-15-31-25-18-21(16-19(3)26(28)29-4)11-13-22(25)10-8-9-20-12-14-24(30-6-2)23(27)17-20/h11-14,17-19H,5-10,15-16H2,1-4H3. The Labute approximate surface area is 185 Å². The van der Waals surface area contributed by atoms with Crippen molar-refractivity contribution in [3.8, 4) is 11.5 Å². The van der Waals surface area contributed by atoms with Gasteiger partial charge in [0.2, 0.25) is 0 Å². The molecule has 4 nitrogen and oxygen atoms in total. The number of aryl methyl sites for hydroxylation is 2. The van der Waals surface area contributed by atoms with Gasteiger partial charge in [-0.3, -0.25) is 4.79 Å². The van der Waals surface area contributed by atoms with Crippen LogP contribution in [0.2, 0.25) is 0 Å². The number of esters is 1. The van der Waals surface area contributed by atoms with E-state index in [1.165, 1.54) is 7.11 Å². The summed E-state index contributed by atoms with van der Waals surface area (Å²) in [6, 6.07) is 11.4. The van der Waals surface area contributed by atoms with Crippen molar-refractivity contribution >= 4 is 5.97 Å². The molecule has 0 radical (unpaired) electrons. The van der Waals surface area contributed by atoms with Gasteiger partial charge in [-0.1, -0.05) is 38.5 Å². The lowest BCUT2D eigenvalue weighted by Gasteiger charge is -2.15. The van der Waals surface area contributed by atoms with Gasteiger partial charge >= 0.3 is 5.97 Å². The topological polar surface area (TPSA) is 44.8 Å². The average Bonchev–Trinajstić information content (AvgIpc) is 2.76. The van der Waals surface area contributed by atoms with E-state index in [-0.39, 0.29) is 17.7 Å². The third-order valence-electron chi connectivity index (χ3n) is 5.24. The number of methoxy groups -OCH3 is 1. The molecule has 0 saturated carbocycles. The second-order valence-electron chi connectivity index (χ2n) is 7.82. The summed E-state index contributed by atoms with van der Waals surface area (Å²) in [5, 5.41) is 0. The molecule has 0 bridgehead atoms. The van der Waals surface area contributed by atoms with Crippen LogP contribution in [0, 0.1) is 11.7 Å². The van der Waals surface area contributed by atoms with Crippen LogP contribution in [-0.2, 0) is 28.8 Å². The molecule has 5 heteroatoms. The molecule has 170 valence electrons. The van der Waals surface area contributed by atoms with Gasteiger partial charge in [-0.2, -0.15) is 0 Å². The monoisotopic (exact) mass is 430 g/mol. The van der Waals surface area contributed by atoms with E-state index in [0.717, 1.165) is 54.5 Å². The molecule has 31 heavy (non-hydrogen) atoms. The predicted molar refractivity (Wildman–Crippen MR) is 121 cm³/mol. The Kier molecular flexibility index (Phi) is 10.3. The van der Waals surface area contributed by atoms with Gasteiger partial charge in [-0.25, -0.2) is 4.39 Å². The van der Waals surface area contributed by atoms with Crippen LogP contribution >= 0.6 is 0 Å². The maximum atomic E-state index is 14.1. The van der Waals surface area contributed by atoms with Gasteiger partial charge in [0.25, 0.3) is 0 Å². The molecule has 1 unspecified atom stereocenters. The van der Waals surface area contributed by atoms with Gasteiger partial charge in [-0.15, -0.1) is 0 Å². The maximum Gasteiger partial charge on any atom is 0.308 e. The number of hydrogen-bond donors (Lipinski definition) is 0. The van der Waals surface area contributed by atoms with Crippen molar-refractivity contribution in [1.29, 1.82) is 0 Å². The fourth-order valence-electron chi connectivity index (χ4n) is 3.49. The van der Waals surface area contributed by atoms with E-state index in [1.54, 1.807) is 12.1 Å². The highest BCUT2D eigenvalue weighted by atomic mass is 19.1. The molecule has 0 aliphatic heterocycles. The molecule has 0 saturated heterocycles. The van der Waals surface area contributed by atoms with E-state index in [2.05, 4.69) is 19.1 Å². The molecule has 1 atom stereocenters. The summed E-state index contributed by atoms with van der Waals surface area (Å²) in [5.74, 6) is 0.455. The van der Waals surface area contributed by atoms with Crippen LogP contribution in [0.3, 0.4) is 0 Å². The fraction of sp³-hybridized carbons (Fsp3) is 0.500.